The average molecular weight is 252 g/mol. The molecule has 0 aromatic carbocycles. The molecule has 0 aliphatic heterocycles. The summed E-state index contributed by atoms with van der Waals surface area (Å²) in [5.41, 5.74) is 0. The monoisotopic (exact) mass is 252 g/mol. The molecule has 0 aliphatic carbocycles. The van der Waals surface area contributed by atoms with Gasteiger partial charge in [0.05, 0.1) is 0 Å². The molecule has 0 radical (unpaired) electrons. The second-order valence-electron chi connectivity index (χ2n) is 2.40. The Morgan fingerprint density at radius 1 is 1.31 bits per heavy atom. The minimum Gasteiger partial charge on any atom is -0.430 e. The van der Waals surface area contributed by atoms with Crippen LogP contribution in [0, 0.1) is 0 Å². The van der Waals surface area contributed by atoms with Gasteiger partial charge in [0.15, 0.2) is 0 Å². The third-order valence-electron chi connectivity index (χ3n) is 1.22. The van der Waals surface area contributed by atoms with Crippen LogP contribution in [0.5, 0.6) is 0 Å². The summed E-state index contributed by atoms with van der Waals surface area (Å²) in [4.78, 5) is 10.4. The van der Waals surface area contributed by atoms with Crippen LogP contribution in [-0.2, 0) is 9.47 Å². The Morgan fingerprint density at radius 3 is 2.12 bits per heavy atom. The molecule has 0 aromatic rings. The van der Waals surface area contributed by atoms with Crippen LogP contribution in [0.25, 0.3) is 0 Å². The smallest absolute Gasteiger partial charge is 0.430 e. The van der Waals surface area contributed by atoms with E-state index in [0.29, 0.717) is 0 Å². The number of rotatable bonds is 4. The molecule has 0 bridgehead atoms. The molecule has 0 N–H and O–H groups in total. The molecule has 16 heavy (non-hydrogen) atoms. The van der Waals surface area contributed by atoms with Gasteiger partial charge in [-0.25, -0.2) is 13.6 Å². The van der Waals surface area contributed by atoms with E-state index < -0.39 is 31.2 Å². The summed E-state index contributed by atoms with van der Waals surface area (Å²) in [5, 5.41) is 0. The molecule has 9 heteroatoms. The molecule has 94 valence electrons. The Kier molecular flexibility index (Phi) is 4.63. The minimum atomic E-state index is -6.06. The van der Waals surface area contributed by atoms with Gasteiger partial charge in [0, 0.05) is 0 Å². The fraction of sp³-hybridized carbons (Fsp3) is 0.571. The van der Waals surface area contributed by atoms with Crippen LogP contribution in [0.4, 0.5) is 31.1 Å². The Balaban J connectivity index is 4.70. The average Bonchev–Trinajstić information content (AvgIpc) is 2.12. The first-order chi connectivity index (χ1) is 7.15. The van der Waals surface area contributed by atoms with Crippen molar-refractivity contribution in [2.75, 3.05) is 6.61 Å². The highest BCUT2D eigenvalue weighted by atomic mass is 19.4. The summed E-state index contributed by atoms with van der Waals surface area (Å²) in [7, 11) is 0. The van der Waals surface area contributed by atoms with Gasteiger partial charge in [0.2, 0.25) is 0 Å². The number of carbonyl (C=O) groups excluding carboxylic acids is 1. The van der Waals surface area contributed by atoms with Crippen molar-refractivity contribution in [3.8, 4) is 0 Å². The van der Waals surface area contributed by atoms with Crippen molar-refractivity contribution in [3.05, 3.63) is 12.7 Å². The van der Waals surface area contributed by atoms with E-state index in [9.17, 15) is 31.1 Å². The van der Waals surface area contributed by atoms with Crippen LogP contribution in [0.2, 0.25) is 0 Å². The summed E-state index contributed by atoms with van der Waals surface area (Å²) in [6, 6.07) is 0. The first kappa shape index (κ1) is 14.6. The standard InChI is InChI=1S/C7H6F6O3/c1-2-3-15-5(14)16-6(10,4(8)9)7(11,12)13/h2,4H,1,3H2. The summed E-state index contributed by atoms with van der Waals surface area (Å²) in [5.74, 6) is -5.38. The third kappa shape index (κ3) is 3.31. The van der Waals surface area contributed by atoms with Gasteiger partial charge in [-0.3, -0.25) is 0 Å². The molecule has 3 nitrogen and oxygen atoms in total. The molecule has 0 amide bonds. The Hall–Kier alpha value is -1.41. The van der Waals surface area contributed by atoms with Gasteiger partial charge in [0.1, 0.15) is 6.61 Å². The Morgan fingerprint density at radius 2 is 1.81 bits per heavy atom. The highest BCUT2D eigenvalue weighted by molar-refractivity contribution is 5.60. The second-order valence-corrected chi connectivity index (χ2v) is 2.40. The van der Waals surface area contributed by atoms with Gasteiger partial charge >= 0.3 is 24.6 Å². The lowest BCUT2D eigenvalue weighted by molar-refractivity contribution is -0.353. The van der Waals surface area contributed by atoms with E-state index in [0.717, 1.165) is 6.08 Å². The fourth-order valence-electron chi connectivity index (χ4n) is 0.504. The maximum atomic E-state index is 12.7. The maximum Gasteiger partial charge on any atom is 0.511 e. The number of alkyl halides is 6. The zero-order valence-corrected chi connectivity index (χ0v) is 7.56. The lowest BCUT2D eigenvalue weighted by atomic mass is 10.3. The van der Waals surface area contributed by atoms with Crippen LogP contribution in [0.15, 0.2) is 12.7 Å². The van der Waals surface area contributed by atoms with Crippen LogP contribution in [0.3, 0.4) is 0 Å². The van der Waals surface area contributed by atoms with Crippen LogP contribution in [0.1, 0.15) is 0 Å². The van der Waals surface area contributed by atoms with Gasteiger partial charge in [-0.2, -0.15) is 17.6 Å². The van der Waals surface area contributed by atoms with E-state index in [2.05, 4.69) is 16.1 Å². The first-order valence-corrected chi connectivity index (χ1v) is 3.65. The summed E-state index contributed by atoms with van der Waals surface area (Å²) in [6.07, 6.45) is -11.9. The molecular weight excluding hydrogens is 246 g/mol. The molecule has 0 aromatic heterocycles. The number of hydrogen-bond acceptors (Lipinski definition) is 3. The highest BCUT2D eigenvalue weighted by Crippen LogP contribution is 2.40. The predicted octanol–water partition coefficient (Wildman–Crippen LogP) is 2.82. The first-order valence-electron chi connectivity index (χ1n) is 3.65. The lowest BCUT2D eigenvalue weighted by Crippen LogP contribution is -2.51. The molecule has 0 rings (SSSR count). The normalized spacial score (nSPS) is 15.4. The van der Waals surface area contributed by atoms with Gasteiger partial charge in [-0.15, -0.1) is 0 Å². The molecule has 1 atom stereocenters. The third-order valence-corrected chi connectivity index (χ3v) is 1.22. The molecule has 0 fully saturated rings. The van der Waals surface area contributed by atoms with Gasteiger partial charge in [-0.1, -0.05) is 12.7 Å². The molecular formula is C7H6F6O3. The molecule has 0 aliphatic rings. The van der Waals surface area contributed by atoms with E-state index in [1.54, 1.807) is 0 Å². The second kappa shape index (κ2) is 5.08. The van der Waals surface area contributed by atoms with E-state index in [1.807, 2.05) is 0 Å². The van der Waals surface area contributed by atoms with Gasteiger partial charge < -0.3 is 9.47 Å². The maximum absolute atomic E-state index is 12.7. The van der Waals surface area contributed by atoms with E-state index in [-0.39, 0.29) is 0 Å². The summed E-state index contributed by atoms with van der Waals surface area (Å²) >= 11 is 0. The molecule has 0 heterocycles. The number of hydrogen-bond donors (Lipinski definition) is 0. The van der Waals surface area contributed by atoms with E-state index in [1.165, 1.54) is 0 Å². The van der Waals surface area contributed by atoms with Crippen molar-refractivity contribution < 1.29 is 40.6 Å². The number of ether oxygens (including phenoxy) is 2. The van der Waals surface area contributed by atoms with Gasteiger partial charge in [-0.05, 0) is 0 Å². The van der Waals surface area contributed by atoms with E-state index in [4.69, 9.17) is 0 Å². The topological polar surface area (TPSA) is 35.5 Å². The van der Waals surface area contributed by atoms with Gasteiger partial charge in [0.25, 0.3) is 0 Å². The van der Waals surface area contributed by atoms with Crippen LogP contribution >= 0.6 is 0 Å². The summed E-state index contributed by atoms with van der Waals surface area (Å²) in [6.45, 7) is 2.41. The fourth-order valence-corrected chi connectivity index (χ4v) is 0.504. The largest absolute Gasteiger partial charge is 0.511 e. The molecule has 0 saturated heterocycles. The lowest BCUT2D eigenvalue weighted by Gasteiger charge is -2.25. The molecule has 1 unspecified atom stereocenters. The minimum absolute atomic E-state index is 0.601. The molecule has 0 spiro atoms. The van der Waals surface area contributed by atoms with Crippen molar-refractivity contribution in [3.63, 3.8) is 0 Å². The van der Waals surface area contributed by atoms with Crippen LogP contribution in [-0.4, -0.2) is 31.2 Å². The van der Waals surface area contributed by atoms with Crippen molar-refractivity contribution in [2.45, 2.75) is 18.5 Å². The zero-order valence-electron chi connectivity index (χ0n) is 7.56. The number of halogens is 6. The van der Waals surface area contributed by atoms with Crippen molar-refractivity contribution in [1.29, 1.82) is 0 Å². The highest BCUT2D eigenvalue weighted by Gasteiger charge is 2.67. The predicted molar refractivity (Wildman–Crippen MR) is 38.5 cm³/mol. The van der Waals surface area contributed by atoms with Crippen molar-refractivity contribution in [2.24, 2.45) is 0 Å². The zero-order chi connectivity index (χ0) is 13.0. The summed E-state index contributed by atoms with van der Waals surface area (Å²) < 4.78 is 78.5. The SMILES string of the molecule is C=CCOC(=O)OC(F)(C(F)F)C(F)(F)F. The molecule has 0 saturated carbocycles. The van der Waals surface area contributed by atoms with Crippen molar-refractivity contribution in [1.82, 2.24) is 0 Å². The Labute approximate surface area is 85.6 Å². The number of carbonyl (C=O) groups is 1. The van der Waals surface area contributed by atoms with E-state index >= 15 is 0 Å². The quantitative estimate of drug-likeness (QED) is 0.438. The Bertz CT molecular complexity index is 263. The van der Waals surface area contributed by atoms with Crippen LogP contribution < -0.4 is 0 Å². The van der Waals surface area contributed by atoms with Crippen molar-refractivity contribution >= 4 is 6.16 Å².